The Hall–Kier alpha value is -2.54. The summed E-state index contributed by atoms with van der Waals surface area (Å²) in [7, 11) is -3.52. The van der Waals surface area contributed by atoms with Crippen molar-refractivity contribution in [2.45, 2.75) is 26.3 Å². The van der Waals surface area contributed by atoms with Crippen LogP contribution in [0.3, 0.4) is 0 Å². The molecule has 28 heavy (non-hydrogen) atoms. The van der Waals surface area contributed by atoms with Crippen molar-refractivity contribution >= 4 is 21.6 Å². The van der Waals surface area contributed by atoms with Gasteiger partial charge < -0.3 is 9.64 Å². The summed E-state index contributed by atoms with van der Waals surface area (Å²) in [5, 5.41) is 0. The summed E-state index contributed by atoms with van der Waals surface area (Å²) in [6, 6.07) is 14.2. The molecule has 1 aliphatic heterocycles. The maximum absolute atomic E-state index is 12.5. The first-order valence-electron chi connectivity index (χ1n) is 9.48. The molecule has 0 N–H and O–H groups in total. The van der Waals surface area contributed by atoms with E-state index in [1.165, 1.54) is 10.6 Å². The lowest BCUT2D eigenvalue weighted by Gasteiger charge is -2.25. The van der Waals surface area contributed by atoms with E-state index in [0.717, 1.165) is 31.5 Å². The average Bonchev–Trinajstić information content (AvgIpc) is 3.21. The minimum atomic E-state index is -3.52. The summed E-state index contributed by atoms with van der Waals surface area (Å²) in [6.45, 7) is 4.08. The number of rotatable bonds is 7. The van der Waals surface area contributed by atoms with E-state index < -0.39 is 10.0 Å². The molecule has 0 saturated carbocycles. The third-order valence-corrected chi connectivity index (χ3v) is 5.88. The number of likely N-dealkylation sites (tertiary alicyclic amines) is 1. The van der Waals surface area contributed by atoms with Crippen LogP contribution in [0.4, 0.5) is 5.69 Å². The van der Waals surface area contributed by atoms with Crippen LogP contribution in [0.5, 0.6) is 5.75 Å². The molecule has 0 unspecified atom stereocenters. The molecule has 1 amide bonds. The molecule has 0 radical (unpaired) electrons. The van der Waals surface area contributed by atoms with Gasteiger partial charge in [0.2, 0.25) is 10.0 Å². The van der Waals surface area contributed by atoms with Gasteiger partial charge in [-0.2, -0.15) is 0 Å². The molecule has 0 atom stereocenters. The monoisotopic (exact) mass is 402 g/mol. The molecule has 6 nitrogen and oxygen atoms in total. The molecule has 2 aromatic carbocycles. The number of benzene rings is 2. The van der Waals surface area contributed by atoms with E-state index >= 15 is 0 Å². The van der Waals surface area contributed by atoms with Crippen LogP contribution in [0.15, 0.2) is 48.5 Å². The van der Waals surface area contributed by atoms with E-state index in [-0.39, 0.29) is 12.5 Å². The summed E-state index contributed by atoms with van der Waals surface area (Å²) in [5.41, 5.74) is 1.94. The first-order chi connectivity index (χ1) is 13.4. The quantitative estimate of drug-likeness (QED) is 0.713. The number of hydrogen-bond donors (Lipinski definition) is 0. The summed E-state index contributed by atoms with van der Waals surface area (Å²) in [5.74, 6) is 0.557. The summed E-state index contributed by atoms with van der Waals surface area (Å²) in [4.78, 5) is 14.3. The number of amides is 1. The molecule has 0 aromatic heterocycles. The van der Waals surface area contributed by atoms with Gasteiger partial charge in [-0.15, -0.1) is 0 Å². The Morgan fingerprint density at radius 3 is 2.32 bits per heavy atom. The van der Waals surface area contributed by atoms with Gasteiger partial charge in [-0.25, -0.2) is 8.42 Å². The van der Waals surface area contributed by atoms with Crippen molar-refractivity contribution in [3.05, 3.63) is 59.7 Å². The van der Waals surface area contributed by atoms with E-state index in [1.54, 1.807) is 30.3 Å². The van der Waals surface area contributed by atoms with Gasteiger partial charge in [0.25, 0.3) is 5.91 Å². The van der Waals surface area contributed by atoms with Gasteiger partial charge in [-0.3, -0.25) is 9.10 Å². The van der Waals surface area contributed by atoms with E-state index in [4.69, 9.17) is 4.74 Å². The highest BCUT2D eigenvalue weighted by Gasteiger charge is 2.22. The minimum absolute atomic E-state index is 0.0331. The van der Waals surface area contributed by atoms with Gasteiger partial charge in [-0.05, 0) is 49.6 Å². The number of carbonyl (C=O) groups excluding carboxylic acids is 1. The SMILES string of the molecule is CCOc1ccccc1N(Cc1ccc(C(=O)N2CCCC2)cc1)S(C)(=O)=O. The van der Waals surface area contributed by atoms with Crippen LogP contribution in [0.2, 0.25) is 0 Å². The minimum Gasteiger partial charge on any atom is -0.492 e. The van der Waals surface area contributed by atoms with Crippen molar-refractivity contribution in [3.8, 4) is 5.75 Å². The third-order valence-electron chi connectivity index (χ3n) is 4.75. The van der Waals surface area contributed by atoms with Gasteiger partial charge in [0.15, 0.2) is 0 Å². The van der Waals surface area contributed by atoms with Crippen molar-refractivity contribution in [3.63, 3.8) is 0 Å². The molecule has 150 valence electrons. The Labute approximate surface area is 166 Å². The molecule has 1 aliphatic rings. The molecule has 0 bridgehead atoms. The molecule has 0 spiro atoms. The number of para-hydroxylation sites is 2. The van der Waals surface area contributed by atoms with Gasteiger partial charge in [-0.1, -0.05) is 24.3 Å². The number of sulfonamides is 1. The fraction of sp³-hybridized carbons (Fsp3) is 0.381. The molecule has 1 heterocycles. The first kappa shape index (κ1) is 20.2. The van der Waals surface area contributed by atoms with Gasteiger partial charge in [0.1, 0.15) is 5.75 Å². The zero-order valence-corrected chi connectivity index (χ0v) is 17.1. The zero-order chi connectivity index (χ0) is 20.1. The largest absolute Gasteiger partial charge is 0.492 e. The van der Waals surface area contributed by atoms with Crippen molar-refractivity contribution in [2.75, 3.05) is 30.3 Å². The second-order valence-corrected chi connectivity index (χ2v) is 8.77. The maximum atomic E-state index is 12.5. The van der Waals surface area contributed by atoms with Crippen LogP contribution in [-0.2, 0) is 16.6 Å². The highest BCUT2D eigenvalue weighted by atomic mass is 32.2. The van der Waals surface area contributed by atoms with Crippen molar-refractivity contribution < 1.29 is 17.9 Å². The lowest BCUT2D eigenvalue weighted by Crippen LogP contribution is -2.30. The Balaban J connectivity index is 1.83. The summed E-state index contributed by atoms with van der Waals surface area (Å²) < 4.78 is 31.8. The molecule has 0 aliphatic carbocycles. The molecular formula is C21H26N2O4S. The Morgan fingerprint density at radius 1 is 1.07 bits per heavy atom. The van der Waals surface area contributed by atoms with Gasteiger partial charge in [0.05, 0.1) is 25.1 Å². The third kappa shape index (κ3) is 4.65. The van der Waals surface area contributed by atoms with E-state index in [0.29, 0.717) is 23.6 Å². The molecule has 1 saturated heterocycles. The summed E-state index contributed by atoms with van der Waals surface area (Å²) in [6.07, 6.45) is 3.28. The lowest BCUT2D eigenvalue weighted by molar-refractivity contribution is 0.0793. The number of nitrogens with zero attached hydrogens (tertiary/aromatic N) is 2. The first-order valence-corrected chi connectivity index (χ1v) is 11.3. The second-order valence-electron chi connectivity index (χ2n) is 6.87. The summed E-state index contributed by atoms with van der Waals surface area (Å²) >= 11 is 0. The zero-order valence-electron chi connectivity index (χ0n) is 16.3. The lowest BCUT2D eigenvalue weighted by atomic mass is 10.1. The van der Waals surface area contributed by atoms with Crippen molar-refractivity contribution in [1.29, 1.82) is 0 Å². The van der Waals surface area contributed by atoms with Gasteiger partial charge >= 0.3 is 0 Å². The maximum Gasteiger partial charge on any atom is 0.253 e. The van der Waals surface area contributed by atoms with Crippen LogP contribution < -0.4 is 9.04 Å². The topological polar surface area (TPSA) is 66.9 Å². The van der Waals surface area contributed by atoms with Gasteiger partial charge in [0, 0.05) is 18.7 Å². The average molecular weight is 403 g/mol. The Bertz CT molecular complexity index is 920. The predicted molar refractivity (Wildman–Crippen MR) is 110 cm³/mol. The van der Waals surface area contributed by atoms with Crippen LogP contribution in [0.1, 0.15) is 35.7 Å². The Morgan fingerprint density at radius 2 is 1.71 bits per heavy atom. The molecule has 1 fully saturated rings. The second kappa shape index (κ2) is 8.65. The highest BCUT2D eigenvalue weighted by molar-refractivity contribution is 7.92. The molecular weight excluding hydrogens is 376 g/mol. The van der Waals surface area contributed by atoms with E-state index in [1.807, 2.05) is 30.0 Å². The van der Waals surface area contributed by atoms with Crippen LogP contribution in [-0.4, -0.2) is 45.2 Å². The predicted octanol–water partition coefficient (Wildman–Crippen LogP) is 3.29. The number of ether oxygens (including phenoxy) is 1. The van der Waals surface area contributed by atoms with E-state index in [2.05, 4.69) is 0 Å². The Kier molecular flexibility index (Phi) is 6.24. The van der Waals surface area contributed by atoms with Crippen LogP contribution in [0.25, 0.3) is 0 Å². The fourth-order valence-electron chi connectivity index (χ4n) is 3.34. The molecule has 3 rings (SSSR count). The smallest absolute Gasteiger partial charge is 0.253 e. The van der Waals surface area contributed by atoms with Crippen LogP contribution in [0, 0.1) is 0 Å². The number of anilines is 1. The van der Waals surface area contributed by atoms with E-state index in [9.17, 15) is 13.2 Å². The highest BCUT2D eigenvalue weighted by Crippen LogP contribution is 2.31. The molecule has 7 heteroatoms. The van der Waals surface area contributed by atoms with Crippen molar-refractivity contribution in [1.82, 2.24) is 4.90 Å². The number of carbonyl (C=O) groups is 1. The normalized spacial score (nSPS) is 14.1. The number of hydrogen-bond acceptors (Lipinski definition) is 4. The fourth-order valence-corrected chi connectivity index (χ4v) is 4.23. The van der Waals surface area contributed by atoms with Crippen LogP contribution >= 0.6 is 0 Å². The molecule has 2 aromatic rings. The standard InChI is InChI=1S/C21H26N2O4S/c1-3-27-20-9-5-4-8-19(20)23(28(2,25)26)16-17-10-12-18(13-11-17)21(24)22-14-6-7-15-22/h4-5,8-13H,3,6-7,14-16H2,1-2H3. The van der Waals surface area contributed by atoms with Crippen molar-refractivity contribution in [2.24, 2.45) is 0 Å².